The molecule has 2 atom stereocenters. The van der Waals surface area contributed by atoms with E-state index in [9.17, 15) is 14.0 Å². The molecule has 8 nitrogen and oxygen atoms in total. The van der Waals surface area contributed by atoms with E-state index in [1.54, 1.807) is 6.07 Å². The average Bonchev–Trinajstić information content (AvgIpc) is 3.18. The maximum atomic E-state index is 13.9. The van der Waals surface area contributed by atoms with Crippen LogP contribution in [0.5, 0.6) is 0 Å². The van der Waals surface area contributed by atoms with Crippen LogP contribution in [0.15, 0.2) is 48.5 Å². The van der Waals surface area contributed by atoms with Gasteiger partial charge in [0.15, 0.2) is 0 Å². The first kappa shape index (κ1) is 21.9. The summed E-state index contributed by atoms with van der Waals surface area (Å²) in [4.78, 5) is 25.6. The lowest BCUT2D eigenvalue weighted by atomic mass is 9.90. The van der Waals surface area contributed by atoms with Gasteiger partial charge in [0.05, 0.1) is 11.6 Å². The Bertz CT molecular complexity index is 1230. The molecular formula is C25H26FN5O3. The Labute approximate surface area is 196 Å². The van der Waals surface area contributed by atoms with E-state index in [2.05, 4.69) is 15.7 Å². The van der Waals surface area contributed by atoms with Gasteiger partial charge in [-0.15, -0.1) is 0 Å². The number of amides is 1. The molecule has 1 aliphatic heterocycles. The van der Waals surface area contributed by atoms with Gasteiger partial charge in [-0.2, -0.15) is 9.78 Å². The standard InChI is InChI=1S/C25H26FN5O3/c26-16-6-8-21-19(12-16)18(10-11-28-21)24(32)31-23(27)20-13-17(7-9-22(20)30-31)29-25(33)34-14-15-4-2-1-3-5-15/h1-6,8,12,17-18,28H,7,9-11,13-14,27H2,(H,29,33)/t17-,18-/m1/s1. The Balaban J connectivity index is 1.27. The van der Waals surface area contributed by atoms with Crippen LogP contribution >= 0.6 is 0 Å². The lowest BCUT2D eigenvalue weighted by Crippen LogP contribution is -2.39. The van der Waals surface area contributed by atoms with Gasteiger partial charge in [0.1, 0.15) is 18.2 Å². The fourth-order valence-electron chi connectivity index (χ4n) is 4.71. The molecule has 0 saturated heterocycles. The van der Waals surface area contributed by atoms with Crippen molar-refractivity contribution < 1.29 is 18.7 Å². The zero-order valence-corrected chi connectivity index (χ0v) is 18.6. The number of carbonyl (C=O) groups excluding carboxylic acids is 2. The minimum atomic E-state index is -0.530. The van der Waals surface area contributed by atoms with Crippen molar-refractivity contribution in [3.63, 3.8) is 0 Å². The first-order chi connectivity index (χ1) is 16.5. The van der Waals surface area contributed by atoms with Gasteiger partial charge in [-0.1, -0.05) is 30.3 Å². The number of carbonyl (C=O) groups is 2. The van der Waals surface area contributed by atoms with Gasteiger partial charge in [0, 0.05) is 23.8 Å². The second kappa shape index (κ2) is 9.17. The molecule has 4 N–H and O–H groups in total. The van der Waals surface area contributed by atoms with Crippen LogP contribution in [-0.2, 0) is 24.2 Å². The summed E-state index contributed by atoms with van der Waals surface area (Å²) in [5.74, 6) is -0.911. The normalized spacial score (nSPS) is 18.9. The number of ether oxygens (including phenoxy) is 1. The Morgan fingerprint density at radius 2 is 2.03 bits per heavy atom. The molecule has 2 heterocycles. The van der Waals surface area contributed by atoms with Gasteiger partial charge in [-0.3, -0.25) is 4.79 Å². The molecule has 0 fully saturated rings. The zero-order valence-electron chi connectivity index (χ0n) is 18.6. The molecule has 0 bridgehead atoms. The monoisotopic (exact) mass is 463 g/mol. The molecule has 1 aromatic heterocycles. The number of fused-ring (bicyclic) bond motifs is 2. The maximum absolute atomic E-state index is 13.9. The number of aromatic nitrogens is 2. The van der Waals surface area contributed by atoms with Crippen molar-refractivity contribution in [3.8, 4) is 0 Å². The van der Waals surface area contributed by atoms with Gasteiger partial charge in [0.2, 0.25) is 0 Å². The lowest BCUT2D eigenvalue weighted by molar-refractivity contribution is 0.0859. The number of alkyl carbamates (subject to hydrolysis) is 1. The van der Waals surface area contributed by atoms with Gasteiger partial charge in [-0.05, 0) is 55.0 Å². The molecule has 9 heteroatoms. The van der Waals surface area contributed by atoms with Crippen LogP contribution in [0.1, 0.15) is 45.9 Å². The second-order valence-electron chi connectivity index (χ2n) is 8.71. The molecule has 1 aliphatic carbocycles. The number of nitrogens with zero attached hydrogens (tertiary/aromatic N) is 2. The topological polar surface area (TPSA) is 111 Å². The summed E-state index contributed by atoms with van der Waals surface area (Å²) in [6.07, 6.45) is 1.75. The summed E-state index contributed by atoms with van der Waals surface area (Å²) in [5, 5.41) is 10.6. The molecule has 3 aromatic rings. The van der Waals surface area contributed by atoms with E-state index < -0.39 is 12.0 Å². The SMILES string of the molecule is Nc1c2c(nn1C(=O)[C@@H]1CCNc3ccc(F)cc31)CC[C@@H](NC(=O)OCc1ccccc1)C2. The largest absolute Gasteiger partial charge is 0.445 e. The smallest absolute Gasteiger partial charge is 0.407 e. The van der Waals surface area contributed by atoms with Gasteiger partial charge >= 0.3 is 6.09 Å². The highest BCUT2D eigenvalue weighted by molar-refractivity contribution is 5.90. The number of nitrogens with one attached hydrogen (secondary N) is 2. The average molecular weight is 464 g/mol. The summed E-state index contributed by atoms with van der Waals surface area (Å²) in [5.41, 5.74) is 10.2. The maximum Gasteiger partial charge on any atom is 0.407 e. The fourth-order valence-corrected chi connectivity index (χ4v) is 4.71. The molecule has 0 unspecified atom stereocenters. The molecule has 34 heavy (non-hydrogen) atoms. The summed E-state index contributed by atoms with van der Waals surface area (Å²) in [6, 6.07) is 13.7. The molecule has 2 aliphatic rings. The first-order valence-corrected chi connectivity index (χ1v) is 11.4. The first-order valence-electron chi connectivity index (χ1n) is 11.4. The van der Waals surface area contributed by atoms with E-state index in [1.165, 1.54) is 16.8 Å². The third-order valence-electron chi connectivity index (χ3n) is 6.47. The van der Waals surface area contributed by atoms with Crippen molar-refractivity contribution >= 4 is 23.5 Å². The van der Waals surface area contributed by atoms with E-state index in [0.717, 1.165) is 22.5 Å². The Hall–Kier alpha value is -3.88. The third kappa shape index (κ3) is 4.33. The van der Waals surface area contributed by atoms with E-state index in [1.807, 2.05) is 30.3 Å². The Kier molecular flexibility index (Phi) is 5.91. The number of hydrogen-bond donors (Lipinski definition) is 3. The highest BCUT2D eigenvalue weighted by Crippen LogP contribution is 2.35. The van der Waals surface area contributed by atoms with Crippen LogP contribution in [-0.4, -0.2) is 34.4 Å². The second-order valence-corrected chi connectivity index (χ2v) is 8.71. The van der Waals surface area contributed by atoms with Crippen LogP contribution in [0.2, 0.25) is 0 Å². The van der Waals surface area contributed by atoms with E-state index in [-0.39, 0.29) is 30.2 Å². The predicted octanol–water partition coefficient (Wildman–Crippen LogP) is 3.63. The summed E-state index contributed by atoms with van der Waals surface area (Å²) >= 11 is 0. The van der Waals surface area contributed by atoms with Crippen molar-refractivity contribution in [2.24, 2.45) is 0 Å². The van der Waals surface area contributed by atoms with Crippen LogP contribution in [0, 0.1) is 5.82 Å². The van der Waals surface area contributed by atoms with Crippen LogP contribution in [0.25, 0.3) is 0 Å². The number of halogens is 1. The fraction of sp³-hybridized carbons (Fsp3) is 0.320. The highest BCUT2D eigenvalue weighted by atomic mass is 19.1. The summed E-state index contributed by atoms with van der Waals surface area (Å²) in [6.45, 7) is 0.796. The number of hydrogen-bond acceptors (Lipinski definition) is 6. The number of anilines is 2. The number of benzene rings is 2. The number of rotatable bonds is 4. The third-order valence-corrected chi connectivity index (χ3v) is 6.47. The van der Waals surface area contributed by atoms with Gasteiger partial charge in [0.25, 0.3) is 5.91 Å². The van der Waals surface area contributed by atoms with E-state index in [0.29, 0.717) is 37.8 Å². The number of nitrogen functional groups attached to an aromatic ring is 1. The quantitative estimate of drug-likeness (QED) is 0.545. The Morgan fingerprint density at radius 3 is 2.85 bits per heavy atom. The molecule has 176 valence electrons. The minimum Gasteiger partial charge on any atom is -0.445 e. The molecule has 0 radical (unpaired) electrons. The molecule has 2 aromatic carbocycles. The van der Waals surface area contributed by atoms with Gasteiger partial charge in [-0.25, -0.2) is 9.18 Å². The van der Waals surface area contributed by atoms with E-state index in [4.69, 9.17) is 10.5 Å². The number of nitrogens with two attached hydrogens (primary N) is 1. The van der Waals surface area contributed by atoms with Crippen molar-refractivity contribution in [1.29, 1.82) is 0 Å². The summed E-state index contributed by atoms with van der Waals surface area (Å²) in [7, 11) is 0. The summed E-state index contributed by atoms with van der Waals surface area (Å²) < 4.78 is 20.4. The van der Waals surface area contributed by atoms with Crippen LogP contribution < -0.4 is 16.4 Å². The van der Waals surface area contributed by atoms with Crippen molar-refractivity contribution in [3.05, 3.63) is 76.7 Å². The molecule has 0 spiro atoms. The Morgan fingerprint density at radius 1 is 1.21 bits per heavy atom. The van der Waals surface area contributed by atoms with Crippen LogP contribution in [0.3, 0.4) is 0 Å². The molecular weight excluding hydrogens is 437 g/mol. The van der Waals surface area contributed by atoms with Crippen molar-refractivity contribution in [2.45, 2.75) is 44.2 Å². The lowest BCUT2D eigenvalue weighted by Gasteiger charge is -2.25. The van der Waals surface area contributed by atoms with Gasteiger partial charge < -0.3 is 21.1 Å². The van der Waals surface area contributed by atoms with Crippen LogP contribution in [0.4, 0.5) is 20.7 Å². The molecule has 5 rings (SSSR count). The minimum absolute atomic E-state index is 0.167. The number of aryl methyl sites for hydroxylation is 1. The zero-order chi connectivity index (χ0) is 23.7. The van der Waals surface area contributed by atoms with E-state index >= 15 is 0 Å². The van der Waals surface area contributed by atoms with Crippen molar-refractivity contribution in [1.82, 2.24) is 15.1 Å². The molecule has 0 saturated carbocycles. The molecule has 1 amide bonds. The van der Waals surface area contributed by atoms with Crippen molar-refractivity contribution in [2.75, 3.05) is 17.6 Å². The predicted molar refractivity (Wildman–Crippen MR) is 125 cm³/mol. The highest BCUT2D eigenvalue weighted by Gasteiger charge is 2.33.